The standard InChI is InChI=1S/C18H35IO2/c1-2-3-4-5-6-7-8-9-10-11-12-13-14-15-16-21-18(20)17-19/h2-17H2,1H3. The van der Waals surface area contributed by atoms with Gasteiger partial charge in [-0.1, -0.05) is 113 Å². The molecule has 0 aliphatic rings. The predicted molar refractivity (Wildman–Crippen MR) is 100 cm³/mol. The fourth-order valence-electron chi connectivity index (χ4n) is 2.52. The number of hydrogen-bond donors (Lipinski definition) is 0. The van der Waals surface area contributed by atoms with E-state index in [1.54, 1.807) is 0 Å². The summed E-state index contributed by atoms with van der Waals surface area (Å²) in [4.78, 5) is 10.9. The van der Waals surface area contributed by atoms with E-state index >= 15 is 0 Å². The van der Waals surface area contributed by atoms with Gasteiger partial charge in [0.2, 0.25) is 0 Å². The van der Waals surface area contributed by atoms with Crippen LogP contribution in [0.4, 0.5) is 0 Å². The molecule has 0 radical (unpaired) electrons. The van der Waals surface area contributed by atoms with E-state index in [-0.39, 0.29) is 5.97 Å². The normalized spacial score (nSPS) is 10.8. The van der Waals surface area contributed by atoms with E-state index in [0.29, 0.717) is 11.0 Å². The first kappa shape index (κ1) is 21.2. The smallest absolute Gasteiger partial charge is 0.315 e. The number of carbonyl (C=O) groups is 1. The van der Waals surface area contributed by atoms with Gasteiger partial charge in [-0.05, 0) is 6.42 Å². The maximum absolute atomic E-state index is 10.9. The van der Waals surface area contributed by atoms with Gasteiger partial charge in [-0.15, -0.1) is 0 Å². The molecule has 0 rings (SSSR count). The van der Waals surface area contributed by atoms with E-state index in [2.05, 4.69) is 6.92 Å². The molecule has 0 bridgehead atoms. The molecular formula is C18H35IO2. The van der Waals surface area contributed by atoms with Crippen LogP contribution in [0, 0.1) is 0 Å². The van der Waals surface area contributed by atoms with Gasteiger partial charge in [-0.3, -0.25) is 4.79 Å². The highest BCUT2D eigenvalue weighted by atomic mass is 127. The monoisotopic (exact) mass is 410 g/mol. The second kappa shape index (κ2) is 18.2. The van der Waals surface area contributed by atoms with Gasteiger partial charge in [0, 0.05) is 0 Å². The van der Waals surface area contributed by atoms with Crippen LogP contribution in [0.2, 0.25) is 0 Å². The second-order valence-electron chi connectivity index (χ2n) is 5.95. The van der Waals surface area contributed by atoms with Crippen LogP contribution >= 0.6 is 22.6 Å². The minimum atomic E-state index is -0.0784. The second-order valence-corrected chi connectivity index (χ2v) is 6.71. The summed E-state index contributed by atoms with van der Waals surface area (Å²) in [6.45, 7) is 2.89. The molecule has 0 aromatic heterocycles. The molecule has 0 aliphatic heterocycles. The molecule has 3 heteroatoms. The molecule has 0 atom stereocenters. The van der Waals surface area contributed by atoms with Crippen LogP contribution < -0.4 is 0 Å². The average Bonchev–Trinajstić information content (AvgIpc) is 2.50. The molecule has 0 heterocycles. The molecule has 0 N–H and O–H groups in total. The first-order valence-electron chi connectivity index (χ1n) is 9.02. The zero-order chi connectivity index (χ0) is 15.6. The van der Waals surface area contributed by atoms with Crippen LogP contribution in [-0.2, 0) is 9.53 Å². The van der Waals surface area contributed by atoms with E-state index in [9.17, 15) is 4.79 Å². The summed E-state index contributed by atoms with van der Waals surface area (Å²) >= 11 is 2.04. The summed E-state index contributed by atoms with van der Waals surface area (Å²) in [7, 11) is 0. The Balaban J connectivity index is 2.98. The first-order chi connectivity index (χ1) is 10.3. The zero-order valence-electron chi connectivity index (χ0n) is 14.0. The van der Waals surface area contributed by atoms with Crippen molar-refractivity contribution in [2.24, 2.45) is 0 Å². The van der Waals surface area contributed by atoms with Crippen molar-refractivity contribution in [1.82, 2.24) is 0 Å². The Hall–Kier alpha value is 0.200. The molecule has 0 unspecified atom stereocenters. The van der Waals surface area contributed by atoms with E-state index < -0.39 is 0 Å². The Morgan fingerprint density at radius 1 is 0.714 bits per heavy atom. The molecule has 0 amide bonds. The Bertz CT molecular complexity index is 219. The molecule has 0 aromatic carbocycles. The number of alkyl halides is 1. The minimum absolute atomic E-state index is 0.0784. The molecule has 126 valence electrons. The number of hydrogen-bond acceptors (Lipinski definition) is 2. The SMILES string of the molecule is CCCCCCCCCCCCCCCCOC(=O)CI. The van der Waals surface area contributed by atoms with Crippen molar-refractivity contribution in [2.45, 2.75) is 96.8 Å². The van der Waals surface area contributed by atoms with E-state index in [0.717, 1.165) is 6.42 Å². The molecule has 0 fully saturated rings. The molecule has 21 heavy (non-hydrogen) atoms. The lowest BCUT2D eigenvalue weighted by Gasteiger charge is -2.04. The summed E-state index contributed by atoms with van der Waals surface area (Å²) in [6, 6.07) is 0. The molecule has 2 nitrogen and oxygen atoms in total. The molecular weight excluding hydrogens is 375 g/mol. The van der Waals surface area contributed by atoms with E-state index in [1.165, 1.54) is 83.5 Å². The Labute approximate surface area is 145 Å². The van der Waals surface area contributed by atoms with Crippen LogP contribution in [-0.4, -0.2) is 17.0 Å². The van der Waals surface area contributed by atoms with Gasteiger partial charge in [0.1, 0.15) is 0 Å². The zero-order valence-corrected chi connectivity index (χ0v) is 16.2. The highest BCUT2D eigenvalue weighted by molar-refractivity contribution is 14.1. The van der Waals surface area contributed by atoms with Gasteiger partial charge in [0.15, 0.2) is 0 Å². The lowest BCUT2D eigenvalue weighted by molar-refractivity contribution is -0.140. The third-order valence-electron chi connectivity index (χ3n) is 3.87. The van der Waals surface area contributed by atoms with Crippen molar-refractivity contribution in [3.05, 3.63) is 0 Å². The molecule has 0 spiro atoms. The van der Waals surface area contributed by atoms with E-state index in [1.807, 2.05) is 22.6 Å². The maximum atomic E-state index is 10.9. The number of halogens is 1. The number of rotatable bonds is 16. The van der Waals surface area contributed by atoms with Crippen molar-refractivity contribution >= 4 is 28.6 Å². The van der Waals surface area contributed by atoms with Gasteiger partial charge in [-0.25, -0.2) is 0 Å². The Kier molecular flexibility index (Phi) is 18.4. The van der Waals surface area contributed by atoms with Crippen molar-refractivity contribution in [2.75, 3.05) is 11.0 Å². The highest BCUT2D eigenvalue weighted by Crippen LogP contribution is 2.12. The summed E-state index contributed by atoms with van der Waals surface area (Å²) in [6.07, 6.45) is 19.0. The van der Waals surface area contributed by atoms with Crippen molar-refractivity contribution < 1.29 is 9.53 Å². The van der Waals surface area contributed by atoms with Gasteiger partial charge in [0.05, 0.1) is 11.0 Å². The lowest BCUT2D eigenvalue weighted by atomic mass is 10.0. The first-order valence-corrected chi connectivity index (χ1v) is 10.6. The van der Waals surface area contributed by atoms with Crippen LogP contribution in [0.5, 0.6) is 0 Å². The highest BCUT2D eigenvalue weighted by Gasteiger charge is 1.98. The fourth-order valence-corrected chi connectivity index (χ4v) is 2.74. The minimum Gasteiger partial charge on any atom is -0.465 e. The van der Waals surface area contributed by atoms with Gasteiger partial charge >= 0.3 is 5.97 Å². The lowest BCUT2D eigenvalue weighted by Crippen LogP contribution is -2.06. The topological polar surface area (TPSA) is 26.3 Å². The number of unbranched alkanes of at least 4 members (excludes halogenated alkanes) is 13. The maximum Gasteiger partial charge on any atom is 0.315 e. The van der Waals surface area contributed by atoms with Gasteiger partial charge < -0.3 is 4.74 Å². The number of ether oxygens (including phenoxy) is 1. The molecule has 0 aliphatic carbocycles. The molecule has 0 saturated carbocycles. The third-order valence-corrected chi connectivity index (χ3v) is 4.49. The van der Waals surface area contributed by atoms with Crippen LogP contribution in [0.1, 0.15) is 96.8 Å². The summed E-state index contributed by atoms with van der Waals surface area (Å²) in [5.41, 5.74) is 0. The number of carbonyl (C=O) groups excluding carboxylic acids is 1. The predicted octanol–water partition coefficient (Wildman–Crippen LogP) is 6.45. The Morgan fingerprint density at radius 2 is 1.10 bits per heavy atom. The van der Waals surface area contributed by atoms with Crippen molar-refractivity contribution in [3.63, 3.8) is 0 Å². The third kappa shape index (κ3) is 18.2. The van der Waals surface area contributed by atoms with Crippen LogP contribution in [0.15, 0.2) is 0 Å². The molecule has 0 aromatic rings. The molecule has 0 saturated heterocycles. The van der Waals surface area contributed by atoms with Crippen LogP contribution in [0.3, 0.4) is 0 Å². The quantitative estimate of drug-likeness (QED) is 0.127. The van der Waals surface area contributed by atoms with Gasteiger partial charge in [0.25, 0.3) is 0 Å². The summed E-state index contributed by atoms with van der Waals surface area (Å²) < 4.78 is 5.52. The number of esters is 1. The largest absolute Gasteiger partial charge is 0.465 e. The Morgan fingerprint density at radius 3 is 1.48 bits per heavy atom. The average molecular weight is 410 g/mol. The van der Waals surface area contributed by atoms with E-state index in [4.69, 9.17) is 4.74 Å². The van der Waals surface area contributed by atoms with Crippen LogP contribution in [0.25, 0.3) is 0 Å². The van der Waals surface area contributed by atoms with Crippen molar-refractivity contribution in [1.29, 1.82) is 0 Å². The summed E-state index contributed by atoms with van der Waals surface area (Å²) in [5.74, 6) is -0.0784. The fraction of sp³-hybridized carbons (Fsp3) is 0.944. The van der Waals surface area contributed by atoms with Gasteiger partial charge in [-0.2, -0.15) is 0 Å². The summed E-state index contributed by atoms with van der Waals surface area (Å²) in [5, 5.41) is 0. The van der Waals surface area contributed by atoms with Crippen molar-refractivity contribution in [3.8, 4) is 0 Å².